The van der Waals surface area contributed by atoms with Crippen LogP contribution in [0.2, 0.25) is 0 Å². The Bertz CT molecular complexity index is 835. The molecule has 0 aliphatic heterocycles. The van der Waals surface area contributed by atoms with Gasteiger partial charge in [0.1, 0.15) is 5.75 Å². The molecule has 0 aliphatic carbocycles. The molecule has 0 spiro atoms. The molecule has 0 bridgehead atoms. The minimum Gasteiger partial charge on any atom is -0.495 e. The number of ether oxygens (including phenoxy) is 1. The van der Waals surface area contributed by atoms with Crippen molar-refractivity contribution < 1.29 is 19.2 Å². The van der Waals surface area contributed by atoms with E-state index in [0.717, 1.165) is 0 Å². The van der Waals surface area contributed by atoms with Gasteiger partial charge in [-0.15, -0.1) is 0 Å². The first-order valence-corrected chi connectivity index (χ1v) is 7.03. The fraction of sp³-hybridized carbons (Fsp3) is 0.0625. The second-order valence-electron chi connectivity index (χ2n) is 4.71. The minimum absolute atomic E-state index is 0.107. The summed E-state index contributed by atoms with van der Waals surface area (Å²) in [5.74, 6) is -1.52. The molecule has 0 atom stereocenters. The number of nitrogens with zero attached hydrogens (tertiary/aromatic N) is 2. The number of rotatable bonds is 5. The summed E-state index contributed by atoms with van der Waals surface area (Å²) >= 11 is 0. The molecule has 0 aromatic heterocycles. The number of para-hydroxylation sites is 2. The predicted molar refractivity (Wildman–Crippen MR) is 90.5 cm³/mol. The van der Waals surface area contributed by atoms with Gasteiger partial charge in [0.25, 0.3) is 5.69 Å². The lowest BCUT2D eigenvalue weighted by Gasteiger charge is -2.08. The van der Waals surface area contributed by atoms with Crippen LogP contribution in [-0.4, -0.2) is 30.1 Å². The molecule has 0 radical (unpaired) electrons. The molecule has 0 heterocycles. The lowest BCUT2D eigenvalue weighted by molar-refractivity contribution is -0.384. The first-order chi connectivity index (χ1) is 12.0. The minimum atomic E-state index is -0.993. The van der Waals surface area contributed by atoms with E-state index in [9.17, 15) is 19.7 Å². The smallest absolute Gasteiger partial charge is 0.329 e. The zero-order chi connectivity index (χ0) is 18.2. The summed E-state index contributed by atoms with van der Waals surface area (Å²) in [6.07, 6.45) is 1.20. The molecule has 2 amide bonds. The normalized spacial score (nSPS) is 10.3. The van der Waals surface area contributed by atoms with Crippen molar-refractivity contribution in [2.75, 3.05) is 12.4 Å². The third kappa shape index (κ3) is 4.86. The lowest BCUT2D eigenvalue weighted by atomic mass is 10.2. The maximum absolute atomic E-state index is 11.8. The Morgan fingerprint density at radius 2 is 1.92 bits per heavy atom. The van der Waals surface area contributed by atoms with E-state index in [4.69, 9.17) is 4.74 Å². The Kier molecular flexibility index (Phi) is 5.77. The molecule has 2 N–H and O–H groups in total. The van der Waals surface area contributed by atoms with E-state index in [1.807, 2.05) is 5.43 Å². The highest BCUT2D eigenvalue weighted by Crippen LogP contribution is 2.22. The molecule has 0 unspecified atom stereocenters. The average molecular weight is 342 g/mol. The predicted octanol–water partition coefficient (Wildman–Crippen LogP) is 1.69. The molecule has 0 aliphatic rings. The first kappa shape index (κ1) is 17.6. The molecule has 9 heteroatoms. The van der Waals surface area contributed by atoms with Gasteiger partial charge in [0.2, 0.25) is 0 Å². The number of nitrogens with one attached hydrogen (secondary N) is 2. The Labute approximate surface area is 142 Å². The van der Waals surface area contributed by atoms with Crippen molar-refractivity contribution in [3.63, 3.8) is 0 Å². The van der Waals surface area contributed by atoms with Gasteiger partial charge in [0, 0.05) is 17.7 Å². The summed E-state index contributed by atoms with van der Waals surface area (Å²) in [5.41, 5.74) is 2.68. The van der Waals surface area contributed by atoms with Crippen molar-refractivity contribution in [3.05, 3.63) is 64.2 Å². The average Bonchev–Trinajstić information content (AvgIpc) is 2.62. The Morgan fingerprint density at radius 3 is 2.64 bits per heavy atom. The lowest BCUT2D eigenvalue weighted by Crippen LogP contribution is -2.32. The van der Waals surface area contributed by atoms with Gasteiger partial charge in [0.05, 0.1) is 23.9 Å². The van der Waals surface area contributed by atoms with Crippen LogP contribution in [0, 0.1) is 10.1 Å². The van der Waals surface area contributed by atoms with Gasteiger partial charge >= 0.3 is 11.8 Å². The van der Waals surface area contributed by atoms with Crippen LogP contribution in [0.15, 0.2) is 53.6 Å². The summed E-state index contributed by atoms with van der Waals surface area (Å²) in [6.45, 7) is 0. The molecule has 25 heavy (non-hydrogen) atoms. The van der Waals surface area contributed by atoms with Crippen LogP contribution in [0.3, 0.4) is 0 Å². The van der Waals surface area contributed by atoms with E-state index >= 15 is 0 Å². The van der Waals surface area contributed by atoms with Crippen molar-refractivity contribution in [2.24, 2.45) is 5.10 Å². The number of amides is 2. The summed E-state index contributed by atoms with van der Waals surface area (Å²) in [4.78, 5) is 33.7. The summed E-state index contributed by atoms with van der Waals surface area (Å²) in [7, 11) is 1.44. The first-order valence-electron chi connectivity index (χ1n) is 7.03. The third-order valence-electron chi connectivity index (χ3n) is 3.02. The van der Waals surface area contributed by atoms with Crippen LogP contribution in [0.5, 0.6) is 5.75 Å². The van der Waals surface area contributed by atoms with Crippen molar-refractivity contribution in [2.45, 2.75) is 0 Å². The van der Waals surface area contributed by atoms with Gasteiger partial charge in [0.15, 0.2) is 0 Å². The van der Waals surface area contributed by atoms with Gasteiger partial charge in [-0.1, -0.05) is 24.3 Å². The number of hydrogen-bond donors (Lipinski definition) is 2. The largest absolute Gasteiger partial charge is 0.495 e. The van der Waals surface area contributed by atoms with Crippen molar-refractivity contribution in [3.8, 4) is 5.75 Å². The van der Waals surface area contributed by atoms with Crippen molar-refractivity contribution >= 4 is 29.4 Å². The second kappa shape index (κ2) is 8.20. The van der Waals surface area contributed by atoms with E-state index < -0.39 is 16.7 Å². The second-order valence-corrected chi connectivity index (χ2v) is 4.71. The third-order valence-corrected chi connectivity index (χ3v) is 3.02. The van der Waals surface area contributed by atoms with Gasteiger partial charge in [-0.25, -0.2) is 5.43 Å². The van der Waals surface area contributed by atoms with Crippen molar-refractivity contribution in [1.29, 1.82) is 0 Å². The van der Waals surface area contributed by atoms with Crippen LogP contribution in [0.1, 0.15) is 5.56 Å². The van der Waals surface area contributed by atoms with Crippen LogP contribution in [0.25, 0.3) is 0 Å². The monoisotopic (exact) mass is 342 g/mol. The van der Waals surface area contributed by atoms with Gasteiger partial charge in [-0.3, -0.25) is 19.7 Å². The number of hydrazone groups is 1. The van der Waals surface area contributed by atoms with Crippen molar-refractivity contribution in [1.82, 2.24) is 5.43 Å². The van der Waals surface area contributed by atoms with E-state index in [0.29, 0.717) is 17.0 Å². The number of hydrogen-bond acceptors (Lipinski definition) is 6. The van der Waals surface area contributed by atoms with E-state index in [1.165, 1.54) is 31.5 Å². The maximum Gasteiger partial charge on any atom is 0.329 e. The zero-order valence-corrected chi connectivity index (χ0v) is 13.1. The number of benzene rings is 2. The fourth-order valence-corrected chi connectivity index (χ4v) is 1.86. The molecule has 2 aromatic carbocycles. The van der Waals surface area contributed by atoms with Gasteiger partial charge < -0.3 is 10.1 Å². The molecule has 2 aromatic rings. The molecule has 0 saturated carbocycles. The quantitative estimate of drug-likeness (QED) is 0.370. The Morgan fingerprint density at radius 1 is 1.16 bits per heavy atom. The molecule has 0 fully saturated rings. The maximum atomic E-state index is 11.8. The molecule has 2 rings (SSSR count). The summed E-state index contributed by atoms with van der Waals surface area (Å²) in [6, 6.07) is 12.3. The molecule has 128 valence electrons. The number of carbonyl (C=O) groups excluding carboxylic acids is 2. The summed E-state index contributed by atoms with van der Waals surface area (Å²) in [5, 5.41) is 16.7. The van der Waals surface area contributed by atoms with Crippen LogP contribution >= 0.6 is 0 Å². The fourth-order valence-electron chi connectivity index (χ4n) is 1.86. The number of nitro benzene ring substituents is 1. The molecular formula is C16H14N4O5. The highest BCUT2D eigenvalue weighted by atomic mass is 16.6. The standard InChI is InChI=1S/C16H14N4O5/c1-25-14-8-3-2-7-13(14)18-15(21)16(22)19-17-10-11-5-4-6-12(9-11)20(23)24/h2-10H,1H3,(H,18,21)(H,19,22)/b17-10-. The van der Waals surface area contributed by atoms with Crippen LogP contribution < -0.4 is 15.5 Å². The van der Waals surface area contributed by atoms with Gasteiger partial charge in [-0.2, -0.15) is 5.10 Å². The van der Waals surface area contributed by atoms with E-state index in [2.05, 4.69) is 10.4 Å². The van der Waals surface area contributed by atoms with Gasteiger partial charge in [-0.05, 0) is 12.1 Å². The topological polar surface area (TPSA) is 123 Å². The number of carbonyl (C=O) groups is 2. The number of anilines is 1. The SMILES string of the molecule is COc1ccccc1NC(=O)C(=O)N/N=C\c1cccc([N+](=O)[O-])c1. The number of nitro groups is 1. The van der Waals surface area contributed by atoms with E-state index in [-0.39, 0.29) is 5.69 Å². The number of non-ortho nitro benzene ring substituents is 1. The van der Waals surface area contributed by atoms with Crippen LogP contribution in [0.4, 0.5) is 11.4 Å². The molecule has 9 nitrogen and oxygen atoms in total. The molecule has 0 saturated heterocycles. The number of methoxy groups -OCH3 is 1. The van der Waals surface area contributed by atoms with E-state index in [1.54, 1.807) is 30.3 Å². The Balaban J connectivity index is 1.96. The highest BCUT2D eigenvalue weighted by Gasteiger charge is 2.14. The Hall–Kier alpha value is -3.75. The summed E-state index contributed by atoms with van der Waals surface area (Å²) < 4.78 is 5.06. The zero-order valence-electron chi connectivity index (χ0n) is 13.1. The highest BCUT2D eigenvalue weighted by molar-refractivity contribution is 6.39. The molecular weight excluding hydrogens is 328 g/mol. The van der Waals surface area contributed by atoms with Crippen LogP contribution in [-0.2, 0) is 9.59 Å².